The van der Waals surface area contributed by atoms with E-state index in [1.165, 1.54) is 48.7 Å². The molecule has 1 unspecified atom stereocenters. The highest BCUT2D eigenvalue weighted by molar-refractivity contribution is 8.01. The molecule has 3 aliphatic heterocycles. The fourth-order valence-corrected chi connectivity index (χ4v) is 6.30. The molecule has 1 spiro atoms. The van der Waals surface area contributed by atoms with Crippen LogP contribution in [0.25, 0.3) is 0 Å². The highest BCUT2D eigenvalue weighted by atomic mass is 32.2. The van der Waals surface area contributed by atoms with Crippen LogP contribution in [0.15, 0.2) is 5.51 Å². The molecule has 3 aliphatic rings. The molecule has 170 valence electrons. The highest BCUT2D eigenvalue weighted by Crippen LogP contribution is 2.46. The number of aromatic nitrogens is 1. The lowest BCUT2D eigenvalue weighted by molar-refractivity contribution is -0.192. The Labute approximate surface area is 182 Å². The second-order valence-electron chi connectivity index (χ2n) is 8.02. The van der Waals surface area contributed by atoms with Gasteiger partial charge in [0.1, 0.15) is 0 Å². The molecule has 4 rings (SSSR count). The number of carboxylic acids is 1. The Balaban J connectivity index is 0.000000318. The molecule has 1 N–H and O–H groups in total. The summed E-state index contributed by atoms with van der Waals surface area (Å²) in [5.74, 6) is -0.860. The van der Waals surface area contributed by atoms with Crippen LogP contribution in [-0.2, 0) is 20.8 Å². The van der Waals surface area contributed by atoms with Crippen LogP contribution in [-0.4, -0.2) is 76.7 Å². The number of hydrogen-bond donors (Lipinski definition) is 1. The Kier molecular flexibility index (Phi) is 8.05. The van der Waals surface area contributed by atoms with Gasteiger partial charge in [0.25, 0.3) is 0 Å². The van der Waals surface area contributed by atoms with Crippen molar-refractivity contribution in [2.75, 3.05) is 38.7 Å². The van der Waals surface area contributed by atoms with Crippen molar-refractivity contribution in [2.45, 2.75) is 49.8 Å². The Hall–Kier alpha value is -0.880. The average molecular weight is 469 g/mol. The number of hydrogen-bond acceptors (Lipinski definition) is 7. The molecular weight excluding hydrogens is 441 g/mol. The number of alkyl halides is 3. The molecule has 30 heavy (non-hydrogen) atoms. The first-order valence-corrected chi connectivity index (χ1v) is 11.8. The predicted octanol–water partition coefficient (Wildman–Crippen LogP) is 3.59. The number of ether oxygens (including phenoxy) is 2. The first-order chi connectivity index (χ1) is 14.2. The van der Waals surface area contributed by atoms with Crippen LogP contribution in [0.1, 0.15) is 29.8 Å². The minimum Gasteiger partial charge on any atom is -0.475 e. The van der Waals surface area contributed by atoms with Crippen LogP contribution in [0, 0.1) is 12.8 Å². The normalized spacial score (nSPS) is 24.3. The van der Waals surface area contributed by atoms with Crippen molar-refractivity contribution in [3.05, 3.63) is 16.1 Å². The zero-order valence-corrected chi connectivity index (χ0v) is 18.5. The van der Waals surface area contributed by atoms with E-state index in [2.05, 4.69) is 28.6 Å². The lowest BCUT2D eigenvalue weighted by Crippen LogP contribution is -2.58. The summed E-state index contributed by atoms with van der Waals surface area (Å²) < 4.78 is 43.9. The van der Waals surface area contributed by atoms with Gasteiger partial charge in [-0.2, -0.15) is 13.2 Å². The molecule has 6 nitrogen and oxygen atoms in total. The van der Waals surface area contributed by atoms with E-state index in [1.54, 1.807) is 11.3 Å². The van der Waals surface area contributed by atoms with E-state index < -0.39 is 12.1 Å². The summed E-state index contributed by atoms with van der Waals surface area (Å²) in [6, 6.07) is 0. The number of nitrogens with zero attached hydrogens (tertiary/aromatic N) is 2. The Morgan fingerprint density at radius 3 is 2.63 bits per heavy atom. The van der Waals surface area contributed by atoms with Gasteiger partial charge in [-0.25, -0.2) is 9.78 Å². The lowest BCUT2D eigenvalue weighted by Gasteiger charge is -2.47. The van der Waals surface area contributed by atoms with Crippen molar-refractivity contribution in [2.24, 2.45) is 5.92 Å². The zero-order valence-electron chi connectivity index (χ0n) is 16.8. The third-order valence-electron chi connectivity index (χ3n) is 5.56. The van der Waals surface area contributed by atoms with Crippen molar-refractivity contribution >= 4 is 29.1 Å². The van der Waals surface area contributed by atoms with E-state index in [-0.39, 0.29) is 0 Å². The SMILES string of the molecule is Cc1ncsc1CN1CC2(CC(OCC3CCOCC3)CS2)C1.O=C(O)C(F)(F)F. The van der Waals surface area contributed by atoms with Crippen LogP contribution in [0.3, 0.4) is 0 Å². The van der Waals surface area contributed by atoms with Crippen molar-refractivity contribution in [3.63, 3.8) is 0 Å². The summed E-state index contributed by atoms with van der Waals surface area (Å²) in [4.78, 5) is 17.2. The van der Waals surface area contributed by atoms with Crippen LogP contribution >= 0.6 is 23.1 Å². The largest absolute Gasteiger partial charge is 0.490 e. The maximum absolute atomic E-state index is 10.6. The third-order valence-corrected chi connectivity index (χ3v) is 8.06. The Bertz CT molecular complexity index is 704. The second-order valence-corrected chi connectivity index (χ2v) is 10.4. The number of likely N-dealkylation sites (tertiary alicyclic amines) is 1. The van der Waals surface area contributed by atoms with Crippen molar-refractivity contribution in [1.82, 2.24) is 9.88 Å². The summed E-state index contributed by atoms with van der Waals surface area (Å²) in [5.41, 5.74) is 3.16. The maximum Gasteiger partial charge on any atom is 0.490 e. The molecule has 3 saturated heterocycles. The summed E-state index contributed by atoms with van der Waals surface area (Å²) in [7, 11) is 0. The third kappa shape index (κ3) is 6.56. The van der Waals surface area contributed by atoms with Crippen molar-refractivity contribution in [3.8, 4) is 0 Å². The van der Waals surface area contributed by atoms with Crippen molar-refractivity contribution in [1.29, 1.82) is 0 Å². The number of aliphatic carboxylic acids is 1. The quantitative estimate of drug-likeness (QED) is 0.708. The van der Waals surface area contributed by atoms with E-state index in [0.717, 1.165) is 32.3 Å². The maximum atomic E-state index is 10.6. The smallest absolute Gasteiger partial charge is 0.475 e. The van der Waals surface area contributed by atoms with Gasteiger partial charge in [0.05, 0.1) is 17.3 Å². The molecule has 0 amide bonds. The summed E-state index contributed by atoms with van der Waals surface area (Å²) in [5, 5.41) is 7.12. The number of rotatable bonds is 5. The lowest BCUT2D eigenvalue weighted by atomic mass is 9.92. The predicted molar refractivity (Wildman–Crippen MR) is 109 cm³/mol. The van der Waals surface area contributed by atoms with Crippen LogP contribution in [0.4, 0.5) is 13.2 Å². The minimum absolute atomic E-state index is 0.468. The summed E-state index contributed by atoms with van der Waals surface area (Å²) in [6.45, 7) is 8.40. The number of thioether (sulfide) groups is 1. The molecule has 0 radical (unpaired) electrons. The van der Waals surface area contributed by atoms with Gasteiger partial charge in [-0.05, 0) is 32.1 Å². The number of halogens is 3. The molecule has 0 aliphatic carbocycles. The number of thiazole rings is 1. The standard InChI is InChI=1S/C17H26N2O2S2.C2HF3O2/c1-13-16(22-12-18-13)7-19-10-17(11-19)6-15(9-23-17)21-8-14-2-4-20-5-3-14;3-2(4,5)1(6)7/h12,14-15H,2-11H2,1H3;(H,6,7). The molecule has 1 atom stereocenters. The summed E-state index contributed by atoms with van der Waals surface area (Å²) >= 11 is 3.93. The van der Waals surface area contributed by atoms with E-state index in [1.807, 2.05) is 5.51 Å². The van der Waals surface area contributed by atoms with E-state index in [4.69, 9.17) is 19.4 Å². The van der Waals surface area contributed by atoms with Crippen LogP contribution < -0.4 is 0 Å². The number of carbonyl (C=O) groups is 1. The molecule has 0 saturated carbocycles. The molecule has 1 aromatic rings. The minimum atomic E-state index is -5.08. The van der Waals surface area contributed by atoms with Gasteiger partial charge in [0, 0.05) is 54.8 Å². The van der Waals surface area contributed by atoms with E-state index in [0.29, 0.717) is 10.9 Å². The van der Waals surface area contributed by atoms with Gasteiger partial charge >= 0.3 is 12.1 Å². The summed E-state index contributed by atoms with van der Waals surface area (Å²) in [6.07, 6.45) is -1.03. The highest BCUT2D eigenvalue weighted by Gasteiger charge is 2.49. The number of aryl methyl sites for hydroxylation is 1. The van der Waals surface area contributed by atoms with Crippen LogP contribution in [0.2, 0.25) is 0 Å². The van der Waals surface area contributed by atoms with Gasteiger partial charge in [-0.1, -0.05) is 0 Å². The van der Waals surface area contributed by atoms with Gasteiger partial charge in [-0.3, -0.25) is 4.90 Å². The molecule has 1 aromatic heterocycles. The van der Waals surface area contributed by atoms with Gasteiger partial charge in [-0.15, -0.1) is 23.1 Å². The number of carboxylic acid groups (broad SMARTS) is 1. The fraction of sp³-hybridized carbons (Fsp3) is 0.789. The van der Waals surface area contributed by atoms with E-state index >= 15 is 0 Å². The molecule has 4 heterocycles. The Morgan fingerprint density at radius 1 is 1.40 bits per heavy atom. The van der Waals surface area contributed by atoms with E-state index in [9.17, 15) is 13.2 Å². The second kappa shape index (κ2) is 10.2. The van der Waals surface area contributed by atoms with Crippen molar-refractivity contribution < 1.29 is 32.5 Å². The van der Waals surface area contributed by atoms with Gasteiger partial charge in [0.15, 0.2) is 0 Å². The topological polar surface area (TPSA) is 71.9 Å². The fourth-order valence-electron chi connectivity index (χ4n) is 3.88. The van der Waals surface area contributed by atoms with Crippen LogP contribution in [0.5, 0.6) is 0 Å². The average Bonchev–Trinajstić information content (AvgIpc) is 3.27. The molecule has 11 heteroatoms. The molecular formula is C19H27F3N2O4S2. The first-order valence-electron chi connectivity index (χ1n) is 9.91. The molecule has 0 bridgehead atoms. The van der Waals surface area contributed by atoms with Gasteiger partial charge < -0.3 is 14.6 Å². The first kappa shape index (κ1) is 23.8. The zero-order chi connectivity index (χ0) is 21.8. The molecule has 3 fully saturated rings. The van der Waals surface area contributed by atoms with Gasteiger partial charge in [0.2, 0.25) is 0 Å². The molecule has 0 aromatic carbocycles. The monoisotopic (exact) mass is 468 g/mol. The Morgan fingerprint density at radius 2 is 2.07 bits per heavy atom.